The average Bonchev–Trinajstić information content (AvgIpc) is 2.77. The molecule has 0 saturated heterocycles. The predicted molar refractivity (Wildman–Crippen MR) is 72.9 cm³/mol. The number of aliphatic hydroxyl groups excluding tert-OH is 1. The zero-order chi connectivity index (χ0) is 13.0. The van der Waals surface area contributed by atoms with E-state index in [1.54, 1.807) is 0 Å². The summed E-state index contributed by atoms with van der Waals surface area (Å²) in [6, 6.07) is 6.58. The van der Waals surface area contributed by atoms with E-state index in [2.05, 4.69) is 23.1 Å². The summed E-state index contributed by atoms with van der Waals surface area (Å²) in [5, 5.41) is 8.65. The van der Waals surface area contributed by atoms with Gasteiger partial charge in [0, 0.05) is 24.8 Å². The number of rotatable bonds is 6. The number of hydrogen-bond acceptors (Lipinski definition) is 4. The Balaban J connectivity index is 1.96. The first-order chi connectivity index (χ1) is 8.72. The van der Waals surface area contributed by atoms with Crippen molar-refractivity contribution in [3.63, 3.8) is 0 Å². The van der Waals surface area contributed by atoms with Crippen molar-refractivity contribution in [3.8, 4) is 0 Å². The topological polar surface area (TPSA) is 58.7 Å². The third kappa shape index (κ3) is 3.02. The minimum Gasteiger partial charge on any atom is -0.394 e. The van der Waals surface area contributed by atoms with Gasteiger partial charge < -0.3 is 20.5 Å². The van der Waals surface area contributed by atoms with Crippen LogP contribution in [0.5, 0.6) is 0 Å². The molecule has 0 spiro atoms. The molecule has 1 atom stereocenters. The highest BCUT2D eigenvalue weighted by molar-refractivity contribution is 5.59. The van der Waals surface area contributed by atoms with Gasteiger partial charge in [-0.05, 0) is 30.5 Å². The Bertz CT molecular complexity index is 393. The first-order valence-electron chi connectivity index (χ1n) is 6.54. The van der Waals surface area contributed by atoms with Crippen LogP contribution >= 0.6 is 0 Å². The lowest BCUT2D eigenvalue weighted by Gasteiger charge is -2.19. The van der Waals surface area contributed by atoms with Crippen molar-refractivity contribution < 1.29 is 9.84 Å². The summed E-state index contributed by atoms with van der Waals surface area (Å²) in [7, 11) is 0. The van der Waals surface area contributed by atoms with Gasteiger partial charge in [0.05, 0.1) is 19.8 Å². The van der Waals surface area contributed by atoms with Crippen LogP contribution in [0.4, 0.5) is 5.69 Å². The molecule has 0 aromatic heterocycles. The molecule has 4 nitrogen and oxygen atoms in total. The fourth-order valence-corrected chi connectivity index (χ4v) is 2.35. The lowest BCUT2D eigenvalue weighted by atomic mass is 10.0. The molecule has 0 aliphatic carbocycles. The fraction of sp³-hybridized carbons (Fsp3) is 0.571. The first kappa shape index (κ1) is 13.3. The van der Waals surface area contributed by atoms with E-state index in [-0.39, 0.29) is 12.6 Å². The lowest BCUT2D eigenvalue weighted by Crippen LogP contribution is -2.25. The van der Waals surface area contributed by atoms with Gasteiger partial charge in [-0.25, -0.2) is 0 Å². The van der Waals surface area contributed by atoms with E-state index in [9.17, 15) is 0 Å². The summed E-state index contributed by atoms with van der Waals surface area (Å²) < 4.78 is 5.31. The van der Waals surface area contributed by atoms with Crippen LogP contribution in [0, 0.1) is 0 Å². The summed E-state index contributed by atoms with van der Waals surface area (Å²) in [6.07, 6.45) is 1.08. The van der Waals surface area contributed by atoms with E-state index >= 15 is 0 Å². The second-order valence-corrected chi connectivity index (χ2v) is 4.75. The summed E-state index contributed by atoms with van der Waals surface area (Å²) in [5.74, 6) is 0. The zero-order valence-electron chi connectivity index (χ0n) is 10.9. The highest BCUT2D eigenvalue weighted by Crippen LogP contribution is 2.29. The van der Waals surface area contributed by atoms with Crippen molar-refractivity contribution in [3.05, 3.63) is 29.3 Å². The van der Waals surface area contributed by atoms with Crippen molar-refractivity contribution in [2.75, 3.05) is 37.8 Å². The molecule has 0 radical (unpaired) electrons. The molecule has 4 heteroatoms. The molecule has 1 unspecified atom stereocenters. The summed E-state index contributed by atoms with van der Waals surface area (Å²) in [5.41, 5.74) is 9.78. The van der Waals surface area contributed by atoms with Crippen LogP contribution in [0.3, 0.4) is 0 Å². The smallest absolute Gasteiger partial charge is 0.0698 e. The standard InChI is InChI=1S/C14H22N2O2/c1-11(15)12-2-3-14-13(10-12)4-5-16(14)6-8-18-9-7-17/h2-3,10-11,17H,4-9,15H2,1H3. The van der Waals surface area contributed by atoms with E-state index in [4.69, 9.17) is 15.6 Å². The van der Waals surface area contributed by atoms with Crippen molar-refractivity contribution in [1.82, 2.24) is 0 Å². The van der Waals surface area contributed by atoms with Crippen LogP contribution in [0.1, 0.15) is 24.1 Å². The molecule has 18 heavy (non-hydrogen) atoms. The third-order valence-electron chi connectivity index (χ3n) is 3.36. The fourth-order valence-electron chi connectivity index (χ4n) is 2.35. The monoisotopic (exact) mass is 250 g/mol. The van der Waals surface area contributed by atoms with Crippen LogP contribution in [-0.2, 0) is 11.2 Å². The van der Waals surface area contributed by atoms with E-state index in [1.165, 1.54) is 16.8 Å². The number of ether oxygens (including phenoxy) is 1. The van der Waals surface area contributed by atoms with Gasteiger partial charge in [-0.1, -0.05) is 12.1 Å². The Morgan fingerprint density at radius 2 is 2.28 bits per heavy atom. The summed E-state index contributed by atoms with van der Waals surface area (Å²) >= 11 is 0. The molecule has 1 aliphatic rings. The van der Waals surface area contributed by atoms with E-state index in [0.717, 1.165) is 19.5 Å². The number of fused-ring (bicyclic) bond motifs is 1. The number of anilines is 1. The number of nitrogens with two attached hydrogens (primary N) is 1. The van der Waals surface area contributed by atoms with Crippen LogP contribution in [0.15, 0.2) is 18.2 Å². The van der Waals surface area contributed by atoms with Crippen molar-refractivity contribution in [1.29, 1.82) is 0 Å². The summed E-state index contributed by atoms with van der Waals surface area (Å²) in [4.78, 5) is 2.33. The molecule has 3 N–H and O–H groups in total. The van der Waals surface area contributed by atoms with Crippen molar-refractivity contribution in [2.24, 2.45) is 5.73 Å². The molecule has 2 rings (SSSR count). The first-order valence-corrected chi connectivity index (χ1v) is 6.54. The molecule has 0 bridgehead atoms. The highest BCUT2D eigenvalue weighted by Gasteiger charge is 2.19. The van der Waals surface area contributed by atoms with Gasteiger partial charge in [0.15, 0.2) is 0 Å². The van der Waals surface area contributed by atoms with Gasteiger partial charge in [0.25, 0.3) is 0 Å². The SMILES string of the molecule is CC(N)c1ccc2c(c1)CCN2CCOCCO. The van der Waals surface area contributed by atoms with E-state index < -0.39 is 0 Å². The van der Waals surface area contributed by atoms with Gasteiger partial charge in [-0.3, -0.25) is 0 Å². The zero-order valence-corrected chi connectivity index (χ0v) is 10.9. The van der Waals surface area contributed by atoms with Crippen LogP contribution < -0.4 is 10.6 Å². The number of aliphatic hydroxyl groups is 1. The molecule has 0 saturated carbocycles. The second-order valence-electron chi connectivity index (χ2n) is 4.75. The highest BCUT2D eigenvalue weighted by atomic mass is 16.5. The summed E-state index contributed by atoms with van der Waals surface area (Å²) in [6.45, 7) is 5.11. The van der Waals surface area contributed by atoms with Crippen LogP contribution in [0.2, 0.25) is 0 Å². The lowest BCUT2D eigenvalue weighted by molar-refractivity contribution is 0.0968. The number of benzene rings is 1. The molecule has 0 amide bonds. The van der Waals surface area contributed by atoms with Crippen molar-refractivity contribution in [2.45, 2.75) is 19.4 Å². The van der Waals surface area contributed by atoms with Gasteiger partial charge in [-0.15, -0.1) is 0 Å². The Labute approximate surface area is 108 Å². The molecule has 1 aromatic rings. The van der Waals surface area contributed by atoms with Crippen LogP contribution in [0.25, 0.3) is 0 Å². The quantitative estimate of drug-likeness (QED) is 0.742. The van der Waals surface area contributed by atoms with Crippen LogP contribution in [-0.4, -0.2) is 38.0 Å². The van der Waals surface area contributed by atoms with Gasteiger partial charge >= 0.3 is 0 Å². The van der Waals surface area contributed by atoms with Gasteiger partial charge in [0.1, 0.15) is 0 Å². The molecule has 1 aliphatic heterocycles. The van der Waals surface area contributed by atoms with E-state index in [0.29, 0.717) is 13.2 Å². The molecule has 100 valence electrons. The number of nitrogens with zero attached hydrogens (tertiary/aromatic N) is 1. The van der Waals surface area contributed by atoms with Gasteiger partial charge in [0.2, 0.25) is 0 Å². The molecule has 1 aromatic carbocycles. The average molecular weight is 250 g/mol. The largest absolute Gasteiger partial charge is 0.394 e. The molecule has 1 heterocycles. The molecular formula is C14H22N2O2. The second kappa shape index (κ2) is 6.18. The minimum absolute atomic E-state index is 0.0916. The number of hydrogen-bond donors (Lipinski definition) is 2. The Morgan fingerprint density at radius 3 is 3.00 bits per heavy atom. The normalized spacial score (nSPS) is 15.8. The molecular weight excluding hydrogens is 228 g/mol. The molecule has 0 fully saturated rings. The Morgan fingerprint density at radius 1 is 1.44 bits per heavy atom. The Hall–Kier alpha value is -1.10. The Kier molecular flexibility index (Phi) is 4.58. The maximum atomic E-state index is 8.65. The minimum atomic E-state index is 0.0916. The maximum absolute atomic E-state index is 8.65. The maximum Gasteiger partial charge on any atom is 0.0698 e. The van der Waals surface area contributed by atoms with Gasteiger partial charge in [-0.2, -0.15) is 0 Å². The third-order valence-corrected chi connectivity index (χ3v) is 3.36. The van der Waals surface area contributed by atoms with Crippen molar-refractivity contribution >= 4 is 5.69 Å². The van der Waals surface area contributed by atoms with E-state index in [1.807, 2.05) is 6.92 Å². The predicted octanol–water partition coefficient (Wildman–Crippen LogP) is 1.08.